The second-order valence-electron chi connectivity index (χ2n) is 6.55. The molecular weight excluding hydrogens is 292 g/mol. The predicted octanol–water partition coefficient (Wildman–Crippen LogP) is 3.06. The minimum atomic E-state index is 0.840. The van der Waals surface area contributed by atoms with E-state index in [1.54, 1.807) is 0 Å². The number of fused-ring (bicyclic) bond motifs is 1. The van der Waals surface area contributed by atoms with E-state index >= 15 is 0 Å². The van der Waals surface area contributed by atoms with Crippen molar-refractivity contribution in [2.24, 2.45) is 5.92 Å². The second kappa shape index (κ2) is 6.67. The summed E-state index contributed by atoms with van der Waals surface area (Å²) in [6.07, 6.45) is 1.35. The van der Waals surface area contributed by atoms with Gasteiger partial charge in [0.1, 0.15) is 0 Å². The summed E-state index contributed by atoms with van der Waals surface area (Å²) in [5.41, 5.74) is 0. The van der Waals surface area contributed by atoms with Crippen LogP contribution in [0.3, 0.4) is 0 Å². The Morgan fingerprint density at radius 3 is 2.82 bits per heavy atom. The molecule has 0 radical (unpaired) electrons. The van der Waals surface area contributed by atoms with E-state index in [4.69, 9.17) is 4.74 Å². The van der Waals surface area contributed by atoms with E-state index in [9.17, 15) is 0 Å². The molecule has 0 unspecified atom stereocenters. The normalized spacial score (nSPS) is 24.3. The van der Waals surface area contributed by atoms with Crippen molar-refractivity contribution >= 4 is 21.4 Å². The molecule has 0 bridgehead atoms. The Hall–Kier alpha value is -0.940. The maximum absolute atomic E-state index is 5.44. The Bertz CT molecular complexity index is 587. The van der Waals surface area contributed by atoms with Crippen molar-refractivity contribution in [3.63, 3.8) is 0 Å². The van der Waals surface area contributed by atoms with Gasteiger partial charge in [0.05, 0.1) is 13.2 Å². The van der Waals surface area contributed by atoms with Crippen LogP contribution in [-0.2, 0) is 11.3 Å². The van der Waals surface area contributed by atoms with Crippen LogP contribution in [0.1, 0.15) is 11.3 Å². The molecule has 2 fully saturated rings. The molecular formula is C18H24N2OS. The number of ether oxygens (including phenoxy) is 1. The highest BCUT2D eigenvalue weighted by molar-refractivity contribution is 7.19. The first-order valence-corrected chi connectivity index (χ1v) is 9.18. The Labute approximate surface area is 136 Å². The lowest BCUT2D eigenvalue weighted by Gasteiger charge is -2.29. The number of morpholine rings is 1. The minimum absolute atomic E-state index is 0.840. The molecule has 0 saturated carbocycles. The molecule has 0 amide bonds. The van der Waals surface area contributed by atoms with Crippen molar-refractivity contribution in [2.45, 2.75) is 13.0 Å². The predicted molar refractivity (Wildman–Crippen MR) is 92.5 cm³/mol. The zero-order valence-electron chi connectivity index (χ0n) is 13.0. The van der Waals surface area contributed by atoms with Gasteiger partial charge >= 0.3 is 0 Å². The molecule has 3 heterocycles. The van der Waals surface area contributed by atoms with Crippen LogP contribution >= 0.6 is 11.3 Å². The average molecular weight is 316 g/mol. The van der Waals surface area contributed by atoms with Crippen LogP contribution in [0.15, 0.2) is 30.3 Å². The van der Waals surface area contributed by atoms with E-state index in [1.165, 1.54) is 41.0 Å². The first kappa shape index (κ1) is 14.6. The van der Waals surface area contributed by atoms with Gasteiger partial charge in [0.2, 0.25) is 0 Å². The van der Waals surface area contributed by atoms with Crippen molar-refractivity contribution in [1.29, 1.82) is 0 Å². The fraction of sp³-hybridized carbons (Fsp3) is 0.556. The minimum Gasteiger partial charge on any atom is -0.379 e. The van der Waals surface area contributed by atoms with E-state index in [0.29, 0.717) is 0 Å². The Balaban J connectivity index is 1.32. The van der Waals surface area contributed by atoms with Gasteiger partial charge in [-0.1, -0.05) is 18.2 Å². The van der Waals surface area contributed by atoms with Gasteiger partial charge in [0, 0.05) is 42.3 Å². The van der Waals surface area contributed by atoms with Gasteiger partial charge in [-0.25, -0.2) is 0 Å². The number of benzene rings is 1. The molecule has 4 heteroatoms. The van der Waals surface area contributed by atoms with Crippen molar-refractivity contribution in [2.75, 3.05) is 45.9 Å². The highest BCUT2D eigenvalue weighted by atomic mass is 32.1. The standard InChI is InChI=1S/C18H24N2OS/c1-2-4-18-16(3-1)11-17(22-18)14-20-6-5-15(13-20)12-19-7-9-21-10-8-19/h1-4,11,15H,5-10,12-14H2/t15-/m0/s1. The van der Waals surface area contributed by atoms with Gasteiger partial charge in [0.25, 0.3) is 0 Å². The van der Waals surface area contributed by atoms with E-state index < -0.39 is 0 Å². The Morgan fingerprint density at radius 2 is 1.95 bits per heavy atom. The van der Waals surface area contributed by atoms with Crippen molar-refractivity contribution in [3.05, 3.63) is 35.2 Å². The molecule has 118 valence electrons. The number of likely N-dealkylation sites (tertiary alicyclic amines) is 1. The van der Waals surface area contributed by atoms with Crippen LogP contribution in [-0.4, -0.2) is 55.7 Å². The Kier molecular flexibility index (Phi) is 4.44. The molecule has 4 rings (SSSR count). The topological polar surface area (TPSA) is 15.7 Å². The summed E-state index contributed by atoms with van der Waals surface area (Å²) in [5, 5.41) is 1.39. The summed E-state index contributed by atoms with van der Waals surface area (Å²) in [7, 11) is 0. The van der Waals surface area contributed by atoms with Gasteiger partial charge in [-0.2, -0.15) is 0 Å². The fourth-order valence-electron chi connectivity index (χ4n) is 3.69. The van der Waals surface area contributed by atoms with Crippen LogP contribution < -0.4 is 0 Å². The van der Waals surface area contributed by atoms with E-state index in [-0.39, 0.29) is 0 Å². The van der Waals surface area contributed by atoms with Crippen molar-refractivity contribution in [3.8, 4) is 0 Å². The summed E-state index contributed by atoms with van der Waals surface area (Å²) in [4.78, 5) is 6.72. The maximum Gasteiger partial charge on any atom is 0.0594 e. The van der Waals surface area contributed by atoms with E-state index in [2.05, 4.69) is 40.1 Å². The van der Waals surface area contributed by atoms with Crippen LogP contribution in [0.25, 0.3) is 10.1 Å². The average Bonchev–Trinajstić information content (AvgIpc) is 3.14. The summed E-state index contributed by atoms with van der Waals surface area (Å²) < 4.78 is 6.86. The van der Waals surface area contributed by atoms with E-state index in [0.717, 1.165) is 38.8 Å². The lowest BCUT2D eigenvalue weighted by Crippen LogP contribution is -2.39. The lowest BCUT2D eigenvalue weighted by molar-refractivity contribution is 0.0312. The third-order valence-electron chi connectivity index (χ3n) is 4.85. The molecule has 22 heavy (non-hydrogen) atoms. The molecule has 2 aliphatic heterocycles. The molecule has 2 saturated heterocycles. The molecule has 2 aromatic rings. The molecule has 1 aromatic carbocycles. The summed E-state index contributed by atoms with van der Waals surface area (Å²) in [6, 6.07) is 11.1. The molecule has 0 aliphatic carbocycles. The van der Waals surface area contributed by atoms with Gasteiger partial charge in [-0.05, 0) is 36.4 Å². The summed E-state index contributed by atoms with van der Waals surface area (Å²) in [5.74, 6) is 0.840. The molecule has 3 nitrogen and oxygen atoms in total. The largest absolute Gasteiger partial charge is 0.379 e. The van der Waals surface area contributed by atoms with Gasteiger partial charge in [-0.15, -0.1) is 11.3 Å². The van der Waals surface area contributed by atoms with Crippen LogP contribution in [0, 0.1) is 5.92 Å². The van der Waals surface area contributed by atoms with Crippen LogP contribution in [0.4, 0.5) is 0 Å². The molecule has 2 aliphatic rings. The van der Waals surface area contributed by atoms with E-state index in [1.807, 2.05) is 11.3 Å². The first-order chi connectivity index (χ1) is 10.9. The number of rotatable bonds is 4. The van der Waals surface area contributed by atoms with Crippen LogP contribution in [0.2, 0.25) is 0 Å². The van der Waals surface area contributed by atoms with Gasteiger partial charge in [0.15, 0.2) is 0 Å². The smallest absolute Gasteiger partial charge is 0.0594 e. The highest BCUT2D eigenvalue weighted by Crippen LogP contribution is 2.28. The number of hydrogen-bond acceptors (Lipinski definition) is 4. The summed E-state index contributed by atoms with van der Waals surface area (Å²) in [6.45, 7) is 8.95. The molecule has 0 spiro atoms. The third kappa shape index (κ3) is 3.35. The molecule has 1 aromatic heterocycles. The van der Waals surface area contributed by atoms with Gasteiger partial charge in [-0.3, -0.25) is 9.80 Å². The quantitative estimate of drug-likeness (QED) is 0.862. The van der Waals surface area contributed by atoms with Crippen molar-refractivity contribution in [1.82, 2.24) is 9.80 Å². The fourth-order valence-corrected chi connectivity index (χ4v) is 4.80. The van der Waals surface area contributed by atoms with Gasteiger partial charge < -0.3 is 4.74 Å². The molecule has 0 N–H and O–H groups in total. The molecule has 1 atom stereocenters. The third-order valence-corrected chi connectivity index (χ3v) is 5.95. The lowest BCUT2D eigenvalue weighted by atomic mass is 10.1. The monoisotopic (exact) mass is 316 g/mol. The van der Waals surface area contributed by atoms with Crippen molar-refractivity contribution < 1.29 is 4.74 Å². The highest BCUT2D eigenvalue weighted by Gasteiger charge is 2.25. The number of thiophene rings is 1. The number of hydrogen-bond donors (Lipinski definition) is 0. The maximum atomic E-state index is 5.44. The first-order valence-electron chi connectivity index (χ1n) is 8.37. The van der Waals surface area contributed by atoms with Crippen LogP contribution in [0.5, 0.6) is 0 Å². The summed E-state index contributed by atoms with van der Waals surface area (Å²) >= 11 is 1.95. The Morgan fingerprint density at radius 1 is 1.09 bits per heavy atom. The zero-order chi connectivity index (χ0) is 14.8. The second-order valence-corrected chi connectivity index (χ2v) is 7.72. The number of nitrogens with zero attached hydrogens (tertiary/aromatic N) is 2. The SMILES string of the molecule is c1ccc2sc(CN3CC[C@@H](CN4CCOCC4)C3)cc2c1. The zero-order valence-corrected chi connectivity index (χ0v) is 13.9.